The van der Waals surface area contributed by atoms with Crippen molar-refractivity contribution < 1.29 is 9.59 Å². The molecule has 0 bridgehead atoms. The van der Waals surface area contributed by atoms with Crippen molar-refractivity contribution in [1.82, 2.24) is 24.7 Å². The van der Waals surface area contributed by atoms with Crippen molar-refractivity contribution in [2.24, 2.45) is 0 Å². The van der Waals surface area contributed by atoms with Gasteiger partial charge in [-0.3, -0.25) is 24.5 Å². The number of benzene rings is 2. The van der Waals surface area contributed by atoms with Crippen LogP contribution in [0.5, 0.6) is 0 Å². The van der Waals surface area contributed by atoms with Crippen molar-refractivity contribution in [3.63, 3.8) is 0 Å². The molecule has 4 aromatic rings. The third-order valence-corrected chi connectivity index (χ3v) is 6.79. The zero-order valence-electron chi connectivity index (χ0n) is 18.8. The first kappa shape index (κ1) is 20.7. The van der Waals surface area contributed by atoms with Crippen LogP contribution < -0.4 is 0 Å². The van der Waals surface area contributed by atoms with Crippen LogP contribution in [-0.4, -0.2) is 68.7 Å². The van der Waals surface area contributed by atoms with Crippen molar-refractivity contribution in [2.45, 2.75) is 19.1 Å². The van der Waals surface area contributed by atoms with Gasteiger partial charge in [0, 0.05) is 43.1 Å². The molecule has 2 aromatic carbocycles. The highest BCUT2D eigenvalue weighted by Gasteiger charge is 2.42. The lowest BCUT2D eigenvalue weighted by molar-refractivity contribution is -0.160. The van der Waals surface area contributed by atoms with Crippen LogP contribution in [0, 0.1) is 0 Å². The fourth-order valence-electron chi connectivity index (χ4n) is 5.03. The molecule has 7 heteroatoms. The molecule has 0 radical (unpaired) electrons. The van der Waals surface area contributed by atoms with E-state index in [9.17, 15) is 9.59 Å². The van der Waals surface area contributed by atoms with Crippen LogP contribution in [0.15, 0.2) is 72.9 Å². The molecule has 2 aliphatic rings. The van der Waals surface area contributed by atoms with E-state index in [-0.39, 0.29) is 18.4 Å². The maximum atomic E-state index is 13.4. The molecule has 0 aliphatic carbocycles. The van der Waals surface area contributed by atoms with Crippen LogP contribution in [0.3, 0.4) is 0 Å². The summed E-state index contributed by atoms with van der Waals surface area (Å²) in [6.45, 7) is 3.04. The summed E-state index contributed by atoms with van der Waals surface area (Å²) < 4.78 is 0. The fourth-order valence-corrected chi connectivity index (χ4v) is 5.03. The number of piperazine rings is 2. The molecule has 7 nitrogen and oxygen atoms in total. The van der Waals surface area contributed by atoms with E-state index in [1.54, 1.807) is 16.0 Å². The van der Waals surface area contributed by atoms with E-state index in [1.165, 1.54) is 0 Å². The molecule has 0 saturated carbocycles. The molecule has 0 spiro atoms. The molecule has 2 aromatic heterocycles. The minimum Gasteiger partial charge on any atom is -0.327 e. The van der Waals surface area contributed by atoms with Gasteiger partial charge >= 0.3 is 0 Å². The summed E-state index contributed by atoms with van der Waals surface area (Å²) >= 11 is 0. The number of para-hydroxylation sites is 1. The van der Waals surface area contributed by atoms with Crippen LogP contribution >= 0.6 is 0 Å². The van der Waals surface area contributed by atoms with Crippen LogP contribution in [0.2, 0.25) is 0 Å². The number of carbonyl (C=O) groups is 2. The van der Waals surface area contributed by atoms with Crippen LogP contribution in [0.1, 0.15) is 11.3 Å². The summed E-state index contributed by atoms with van der Waals surface area (Å²) in [4.78, 5) is 41.1. The predicted octanol–water partition coefficient (Wildman–Crippen LogP) is 2.84. The van der Waals surface area contributed by atoms with Gasteiger partial charge in [0.15, 0.2) is 0 Å². The van der Waals surface area contributed by atoms with E-state index in [0.717, 1.165) is 46.2 Å². The molecular weight excluding hydrogens is 426 g/mol. The van der Waals surface area contributed by atoms with Gasteiger partial charge in [0.25, 0.3) is 0 Å². The zero-order chi connectivity index (χ0) is 23.1. The number of carbonyl (C=O) groups excluding carboxylic acids is 2. The first-order chi connectivity index (χ1) is 16.6. The Labute approximate surface area is 197 Å². The lowest BCUT2D eigenvalue weighted by Crippen LogP contribution is -2.66. The van der Waals surface area contributed by atoms with E-state index in [1.807, 2.05) is 42.5 Å². The number of hydrogen-bond acceptors (Lipinski definition) is 5. The topological polar surface area (TPSA) is 69.6 Å². The number of hydrogen-bond donors (Lipinski definition) is 0. The Hall–Kier alpha value is -3.84. The second-order valence-electron chi connectivity index (χ2n) is 9.06. The third-order valence-electron chi connectivity index (χ3n) is 6.79. The lowest BCUT2D eigenvalue weighted by Gasteiger charge is -2.46. The van der Waals surface area contributed by atoms with Gasteiger partial charge in [-0.1, -0.05) is 42.5 Å². The Morgan fingerprint density at radius 3 is 2.62 bits per heavy atom. The van der Waals surface area contributed by atoms with E-state index in [4.69, 9.17) is 4.98 Å². The van der Waals surface area contributed by atoms with E-state index >= 15 is 0 Å². The molecule has 4 heterocycles. The number of rotatable bonds is 4. The largest absolute Gasteiger partial charge is 0.327 e. The molecule has 1 unspecified atom stereocenters. The minimum absolute atomic E-state index is 0.000522. The number of aromatic nitrogens is 2. The van der Waals surface area contributed by atoms with Crippen LogP contribution in [-0.2, 0) is 22.7 Å². The first-order valence-electron chi connectivity index (χ1n) is 11.6. The Morgan fingerprint density at radius 2 is 1.68 bits per heavy atom. The second-order valence-corrected chi connectivity index (χ2v) is 9.06. The molecule has 34 heavy (non-hydrogen) atoms. The highest BCUT2D eigenvalue weighted by molar-refractivity contribution is 5.95. The summed E-state index contributed by atoms with van der Waals surface area (Å²) in [5.41, 5.74) is 3.82. The molecule has 170 valence electrons. The fraction of sp³-hybridized carbons (Fsp3) is 0.259. The molecule has 6 rings (SSSR count). The van der Waals surface area contributed by atoms with Crippen molar-refractivity contribution in [2.75, 3.05) is 26.2 Å². The Bertz CT molecular complexity index is 1400. The molecule has 1 atom stereocenters. The monoisotopic (exact) mass is 451 g/mol. The van der Waals surface area contributed by atoms with E-state index in [2.05, 4.69) is 34.1 Å². The molecule has 0 N–H and O–H groups in total. The van der Waals surface area contributed by atoms with Gasteiger partial charge in [0.1, 0.15) is 12.6 Å². The average Bonchev–Trinajstić information content (AvgIpc) is 2.87. The van der Waals surface area contributed by atoms with Gasteiger partial charge in [0.05, 0.1) is 23.3 Å². The minimum atomic E-state index is -0.450. The van der Waals surface area contributed by atoms with Gasteiger partial charge in [0.2, 0.25) is 11.8 Å². The van der Waals surface area contributed by atoms with Crippen LogP contribution in [0.25, 0.3) is 21.8 Å². The van der Waals surface area contributed by atoms with E-state index in [0.29, 0.717) is 19.6 Å². The molecular formula is C27H25N5O2. The first-order valence-corrected chi connectivity index (χ1v) is 11.6. The number of pyridine rings is 2. The van der Waals surface area contributed by atoms with Crippen molar-refractivity contribution in [1.29, 1.82) is 0 Å². The van der Waals surface area contributed by atoms with Crippen molar-refractivity contribution in [3.8, 4) is 0 Å². The normalized spacial score (nSPS) is 19.1. The third kappa shape index (κ3) is 3.88. The Kier molecular flexibility index (Phi) is 5.19. The summed E-state index contributed by atoms with van der Waals surface area (Å²) in [6, 6.07) is 21.7. The maximum absolute atomic E-state index is 13.4. The summed E-state index contributed by atoms with van der Waals surface area (Å²) in [6.07, 6.45) is 1.80. The molecule has 2 fully saturated rings. The van der Waals surface area contributed by atoms with Crippen LogP contribution in [0.4, 0.5) is 0 Å². The molecule has 2 saturated heterocycles. The van der Waals surface area contributed by atoms with E-state index < -0.39 is 6.04 Å². The smallest absolute Gasteiger partial charge is 0.247 e. The SMILES string of the molecule is O=C1C2CN(Cc3ccc4cccnc4c3)CCN2C(=O)CN1Cc1ccc2ccccc2n1. The Morgan fingerprint density at radius 1 is 0.853 bits per heavy atom. The molecule has 2 aliphatic heterocycles. The summed E-state index contributed by atoms with van der Waals surface area (Å²) in [5.74, 6) is 0.0133. The number of nitrogens with zero attached hydrogens (tertiary/aromatic N) is 5. The maximum Gasteiger partial charge on any atom is 0.247 e. The summed E-state index contributed by atoms with van der Waals surface area (Å²) in [7, 11) is 0. The highest BCUT2D eigenvalue weighted by Crippen LogP contribution is 2.22. The quantitative estimate of drug-likeness (QED) is 0.477. The lowest BCUT2D eigenvalue weighted by atomic mass is 10.0. The van der Waals surface area contributed by atoms with Gasteiger partial charge < -0.3 is 9.80 Å². The summed E-state index contributed by atoms with van der Waals surface area (Å²) in [5, 5.41) is 2.17. The predicted molar refractivity (Wildman–Crippen MR) is 130 cm³/mol. The zero-order valence-corrected chi connectivity index (χ0v) is 18.8. The van der Waals surface area contributed by atoms with Gasteiger partial charge in [-0.15, -0.1) is 0 Å². The van der Waals surface area contributed by atoms with Crippen molar-refractivity contribution in [3.05, 3.63) is 84.2 Å². The Balaban J connectivity index is 1.18. The van der Waals surface area contributed by atoms with Crippen molar-refractivity contribution >= 4 is 33.6 Å². The van der Waals surface area contributed by atoms with Gasteiger partial charge in [-0.2, -0.15) is 0 Å². The van der Waals surface area contributed by atoms with Gasteiger partial charge in [-0.05, 0) is 29.8 Å². The molecule has 2 amide bonds. The standard InChI is InChI=1S/C27H25N5O2/c33-26-18-31(16-22-10-9-20-4-1-2-6-23(20)29-22)27(34)25-17-30(12-13-32(25)26)15-19-7-8-21-5-3-11-28-24(21)14-19/h1-11,14,25H,12-13,15-18H2. The second kappa shape index (κ2) is 8.50. The average molecular weight is 452 g/mol. The van der Waals surface area contributed by atoms with Gasteiger partial charge in [-0.25, -0.2) is 0 Å². The highest BCUT2D eigenvalue weighted by atomic mass is 16.2. The number of amides is 2. The number of fused-ring (bicyclic) bond motifs is 3.